The highest BCUT2D eigenvalue weighted by atomic mass is 32.2. The van der Waals surface area contributed by atoms with E-state index in [2.05, 4.69) is 26.3 Å². The van der Waals surface area contributed by atoms with E-state index in [0.29, 0.717) is 22.3 Å². The van der Waals surface area contributed by atoms with Crippen molar-refractivity contribution < 1.29 is 72.3 Å². The minimum atomic E-state index is -3.69. The summed E-state index contributed by atoms with van der Waals surface area (Å²) in [5, 5.41) is 43.3. The van der Waals surface area contributed by atoms with Crippen molar-refractivity contribution in [1.82, 2.24) is 17.2 Å². The zero-order chi connectivity index (χ0) is 78.4. The number of benzene rings is 8. The van der Waals surface area contributed by atoms with Gasteiger partial charge in [0.05, 0.1) is 88.1 Å². The van der Waals surface area contributed by atoms with Gasteiger partial charge < -0.3 is 18.9 Å². The second kappa shape index (κ2) is 35.7. The number of rotatable bonds is 20. The maximum absolute atomic E-state index is 13.0. The monoisotopic (exact) mass is 1550 g/mol. The van der Waals surface area contributed by atoms with E-state index in [1.54, 1.807) is 170 Å². The van der Waals surface area contributed by atoms with Crippen LogP contribution < -0.4 is 0 Å². The Morgan fingerprint density at radius 2 is 0.444 bits per heavy atom. The molecule has 0 saturated carbocycles. The van der Waals surface area contributed by atoms with Gasteiger partial charge in [-0.25, -0.2) is 33.7 Å². The van der Waals surface area contributed by atoms with Gasteiger partial charge in [0, 0.05) is 101 Å². The van der Waals surface area contributed by atoms with Gasteiger partial charge in [0.2, 0.25) is 40.1 Å². The molecule has 8 atom stereocenters. The van der Waals surface area contributed by atoms with E-state index in [-0.39, 0.29) is 94.7 Å². The summed E-state index contributed by atoms with van der Waals surface area (Å²) in [6.45, 7) is 23.6. The van der Waals surface area contributed by atoms with Crippen LogP contribution in [0, 0.1) is 68.2 Å². The predicted octanol–water partition coefficient (Wildman–Crippen LogP) is 12.9. The molecule has 4 fully saturated rings. The molecule has 568 valence electrons. The zero-order valence-electron chi connectivity index (χ0n) is 59.3. The van der Waals surface area contributed by atoms with Crippen LogP contribution in [0.3, 0.4) is 0 Å². The van der Waals surface area contributed by atoms with E-state index in [4.69, 9.17) is 18.9 Å². The Labute approximate surface area is 626 Å². The lowest BCUT2D eigenvalue weighted by Gasteiger charge is -2.36. The third-order valence-electron chi connectivity index (χ3n) is 18.0. The third kappa shape index (κ3) is 20.3. The van der Waals surface area contributed by atoms with Crippen molar-refractivity contribution in [2.45, 2.75) is 96.1 Å². The molecule has 4 saturated heterocycles. The predicted molar refractivity (Wildman–Crippen MR) is 403 cm³/mol. The quantitative estimate of drug-likeness (QED) is 0.0388. The third-order valence-corrected chi connectivity index (χ3v) is 25.3. The first-order chi connectivity index (χ1) is 51.2. The van der Waals surface area contributed by atoms with Crippen LogP contribution in [0.2, 0.25) is 0 Å². The van der Waals surface area contributed by atoms with E-state index in [9.17, 15) is 74.1 Å². The first-order valence-electron chi connectivity index (χ1n) is 33.6. The lowest BCUT2D eigenvalue weighted by atomic mass is 10.1. The van der Waals surface area contributed by atoms with Gasteiger partial charge in [-0.3, -0.25) is 40.5 Å². The summed E-state index contributed by atoms with van der Waals surface area (Å²) in [5.74, 6) is 0. The molecule has 8 aromatic rings. The number of morpholine rings is 4. The second-order valence-electron chi connectivity index (χ2n) is 25.5. The summed E-state index contributed by atoms with van der Waals surface area (Å²) < 4.78 is 133. The van der Waals surface area contributed by atoms with Crippen LogP contribution in [0.5, 0.6) is 0 Å². The maximum Gasteiger partial charge on any atom is 0.269 e. The van der Waals surface area contributed by atoms with Crippen LogP contribution in [0.25, 0.3) is 0 Å². The van der Waals surface area contributed by atoms with Crippen LogP contribution in [-0.2, 0) is 59.0 Å². The minimum absolute atomic E-state index is 0.0287. The Morgan fingerprint density at radius 1 is 0.287 bits per heavy atom. The van der Waals surface area contributed by atoms with E-state index in [1.807, 2.05) is 27.7 Å². The molecule has 0 N–H and O–H groups in total. The fraction of sp³-hybridized carbons (Fsp3) is 0.263. The second-order valence-corrected chi connectivity index (χ2v) is 33.3. The van der Waals surface area contributed by atoms with E-state index < -0.39 is 109 Å². The van der Waals surface area contributed by atoms with Gasteiger partial charge in [-0.2, -0.15) is 17.2 Å². The van der Waals surface area contributed by atoms with Crippen molar-refractivity contribution in [3.63, 3.8) is 0 Å². The number of aryl methyl sites for hydroxylation is 4. The number of nitro benzene ring substituents is 4. The molecular formula is C76H80N8O20S4. The molecule has 0 radical (unpaired) electrons. The van der Waals surface area contributed by atoms with E-state index in [0.717, 1.165) is 22.3 Å². The number of non-ortho nitro benzene ring substituents is 4. The van der Waals surface area contributed by atoms with Crippen molar-refractivity contribution in [1.29, 1.82) is 0 Å². The smallest absolute Gasteiger partial charge is 0.269 e. The zero-order valence-corrected chi connectivity index (χ0v) is 62.5. The van der Waals surface area contributed by atoms with Gasteiger partial charge in [0.15, 0.2) is 0 Å². The highest BCUT2D eigenvalue weighted by molar-refractivity contribution is 7.90. The number of hydrogen-bond donors (Lipinski definition) is 0. The SMILES string of the molecule is C=C[C@@H]1CN(S(=O)(=O)c2ccc(C)cc2)C[C@H](c2ccc([N+](=O)[O-])cc2)O1.C=C[C@@H]1CN(S(=O)(=O)c2ccc(C)cc2)C[C@H](c2ccc([N+](=O)[O-])cc2)O1.C=C[C@@H]1CN(S(=O)(=O)c2ccc(C)cc2)C[C@H](c2ccc([N+](=O)[O-])cc2)O1.C=C[C@H]1CN(S(=O)(=O)c2ccc(C)cc2)C[C@@H](c2ccc([N+](=O)[O-])cc2)O1. The van der Waals surface area contributed by atoms with E-state index in [1.165, 1.54) is 65.8 Å². The molecule has 12 rings (SSSR count). The molecule has 28 nitrogen and oxygen atoms in total. The Kier molecular flexibility index (Phi) is 27.0. The Balaban J connectivity index is 0.000000166. The molecule has 8 aromatic carbocycles. The largest absolute Gasteiger partial charge is 0.363 e. The fourth-order valence-electron chi connectivity index (χ4n) is 11.8. The Morgan fingerprint density at radius 3 is 0.583 bits per heavy atom. The van der Waals surface area contributed by atoms with Crippen LogP contribution in [-0.4, -0.2) is 147 Å². The highest BCUT2D eigenvalue weighted by Crippen LogP contribution is 2.36. The van der Waals surface area contributed by atoms with Gasteiger partial charge in [-0.05, 0) is 147 Å². The van der Waals surface area contributed by atoms with Crippen LogP contribution in [0.15, 0.2) is 264 Å². The molecular weight excluding hydrogens is 1470 g/mol. The van der Waals surface area contributed by atoms with Crippen molar-refractivity contribution in [2.24, 2.45) is 0 Å². The maximum atomic E-state index is 13.0. The standard InChI is InChI=1S/4C19H20N2O5S/c4*1-3-17-12-20(27(24,25)18-10-4-14(2)5-11-18)13-19(26-17)15-6-8-16(9-7-15)21(22)23/h4*3-11,17,19H,1,12-13H2,2H3/t4*17-,19-/m1110/s1. The number of hydrogen-bond acceptors (Lipinski definition) is 20. The summed E-state index contributed by atoms with van der Waals surface area (Å²) >= 11 is 0. The molecule has 4 aliphatic heterocycles. The molecule has 0 amide bonds. The Bertz CT molecular complexity index is 4390. The normalized spacial score (nSPS) is 20.9. The average Bonchev–Trinajstić information content (AvgIpc) is 0.800. The minimum Gasteiger partial charge on any atom is -0.363 e. The van der Waals surface area contributed by atoms with Gasteiger partial charge in [0.25, 0.3) is 22.7 Å². The lowest BCUT2D eigenvalue weighted by Crippen LogP contribution is -2.46. The van der Waals surface area contributed by atoms with Crippen molar-refractivity contribution in [3.8, 4) is 0 Å². The molecule has 0 bridgehead atoms. The fourth-order valence-corrected chi connectivity index (χ4v) is 17.6. The summed E-state index contributed by atoms with van der Waals surface area (Å²) in [7, 11) is -14.7. The number of sulfonamides is 4. The van der Waals surface area contributed by atoms with E-state index >= 15 is 0 Å². The number of ether oxygens (including phenoxy) is 4. The molecule has 0 aromatic heterocycles. The molecule has 0 unspecified atom stereocenters. The molecule has 4 aliphatic rings. The summed E-state index contributed by atoms with van der Waals surface area (Å²) in [6, 6.07) is 50.5. The number of nitrogens with zero attached hydrogens (tertiary/aromatic N) is 8. The van der Waals surface area contributed by atoms with Crippen molar-refractivity contribution in [3.05, 3.63) is 330 Å². The first kappa shape index (κ1) is 81.9. The van der Waals surface area contributed by atoms with Crippen LogP contribution in [0.1, 0.15) is 68.9 Å². The molecule has 0 spiro atoms. The van der Waals surface area contributed by atoms with Gasteiger partial charge in [0.1, 0.15) is 0 Å². The van der Waals surface area contributed by atoms with Crippen molar-refractivity contribution in [2.75, 3.05) is 52.4 Å². The van der Waals surface area contributed by atoms with Gasteiger partial charge >= 0.3 is 0 Å². The topological polar surface area (TPSA) is 359 Å². The Hall–Kier alpha value is -10.2. The first-order valence-corrected chi connectivity index (χ1v) is 39.4. The van der Waals surface area contributed by atoms with Crippen molar-refractivity contribution >= 4 is 62.8 Å². The van der Waals surface area contributed by atoms with Gasteiger partial charge in [-0.15, -0.1) is 26.3 Å². The average molecular weight is 1550 g/mol. The summed E-state index contributed by atoms with van der Waals surface area (Å²) in [5.41, 5.74) is 6.50. The lowest BCUT2D eigenvalue weighted by molar-refractivity contribution is -0.385. The molecule has 4 heterocycles. The number of nitro groups is 4. The molecule has 0 aliphatic carbocycles. The summed E-state index contributed by atoms with van der Waals surface area (Å²) in [4.78, 5) is 42.3. The molecule has 32 heteroatoms. The van der Waals surface area contributed by atoms with Crippen LogP contribution in [0.4, 0.5) is 22.7 Å². The van der Waals surface area contributed by atoms with Gasteiger partial charge in [-0.1, -0.05) is 95.1 Å². The molecule has 108 heavy (non-hydrogen) atoms. The van der Waals surface area contributed by atoms with Crippen LogP contribution >= 0.6 is 0 Å². The highest BCUT2D eigenvalue weighted by Gasteiger charge is 2.40. The summed E-state index contributed by atoms with van der Waals surface area (Å²) in [6.07, 6.45) is 2.21.